The summed E-state index contributed by atoms with van der Waals surface area (Å²) < 4.78 is 0. The Hall–Kier alpha value is -0.540. The minimum absolute atomic E-state index is 0.254. The predicted octanol–water partition coefficient (Wildman–Crippen LogP) is 3.41. The summed E-state index contributed by atoms with van der Waals surface area (Å²) >= 11 is 11.9. The standard InChI is InChI=1S/C11H15Cl2N3/c1-7-3-4-8(2)16(6-7)10-9(12)5-14-11(13)15-10/h5,7-8H,3-4,6H2,1-2H3. The van der Waals surface area contributed by atoms with Gasteiger partial charge in [-0.2, -0.15) is 4.98 Å². The van der Waals surface area contributed by atoms with Crippen LogP contribution in [0.1, 0.15) is 26.7 Å². The van der Waals surface area contributed by atoms with E-state index in [0.29, 0.717) is 17.0 Å². The number of nitrogens with zero attached hydrogens (tertiary/aromatic N) is 3. The van der Waals surface area contributed by atoms with Crippen LogP contribution in [-0.2, 0) is 0 Å². The summed E-state index contributed by atoms with van der Waals surface area (Å²) in [4.78, 5) is 10.3. The summed E-state index contributed by atoms with van der Waals surface area (Å²) in [6, 6.07) is 0.458. The minimum Gasteiger partial charge on any atom is -0.352 e. The van der Waals surface area contributed by atoms with Gasteiger partial charge < -0.3 is 4.90 Å². The molecule has 5 heteroatoms. The third-order valence-corrected chi connectivity index (χ3v) is 3.53. The smallest absolute Gasteiger partial charge is 0.224 e. The zero-order valence-corrected chi connectivity index (χ0v) is 11.0. The van der Waals surface area contributed by atoms with Crippen LogP contribution in [0.25, 0.3) is 0 Å². The molecule has 0 N–H and O–H groups in total. The zero-order chi connectivity index (χ0) is 11.7. The van der Waals surface area contributed by atoms with E-state index >= 15 is 0 Å². The third-order valence-electron chi connectivity index (χ3n) is 3.09. The lowest BCUT2D eigenvalue weighted by atomic mass is 9.95. The number of aromatic nitrogens is 2. The topological polar surface area (TPSA) is 29.0 Å². The molecule has 1 aromatic heterocycles. The summed E-state index contributed by atoms with van der Waals surface area (Å²) in [6.45, 7) is 5.42. The highest BCUT2D eigenvalue weighted by Crippen LogP contribution is 2.31. The quantitative estimate of drug-likeness (QED) is 0.724. The Kier molecular flexibility index (Phi) is 3.55. The minimum atomic E-state index is 0.254. The summed E-state index contributed by atoms with van der Waals surface area (Å²) in [6.07, 6.45) is 3.99. The normalized spacial score (nSPS) is 25.9. The van der Waals surface area contributed by atoms with Gasteiger partial charge >= 0.3 is 0 Å². The molecule has 88 valence electrons. The molecule has 3 nitrogen and oxygen atoms in total. The van der Waals surface area contributed by atoms with Crippen molar-refractivity contribution < 1.29 is 0 Å². The lowest BCUT2D eigenvalue weighted by molar-refractivity contribution is 0.388. The second-order valence-electron chi connectivity index (χ2n) is 4.49. The Morgan fingerprint density at radius 2 is 2.06 bits per heavy atom. The third kappa shape index (κ3) is 2.41. The van der Waals surface area contributed by atoms with Crippen molar-refractivity contribution in [1.82, 2.24) is 9.97 Å². The summed E-state index contributed by atoms with van der Waals surface area (Å²) in [7, 11) is 0. The van der Waals surface area contributed by atoms with E-state index in [1.165, 1.54) is 12.8 Å². The molecule has 0 aromatic carbocycles. The van der Waals surface area contributed by atoms with Crippen LogP contribution in [0.4, 0.5) is 5.82 Å². The lowest BCUT2D eigenvalue weighted by Crippen LogP contribution is -2.41. The van der Waals surface area contributed by atoms with Gasteiger partial charge in [-0.1, -0.05) is 18.5 Å². The number of piperidine rings is 1. The molecule has 2 unspecified atom stereocenters. The molecule has 2 heterocycles. The first-order chi connectivity index (χ1) is 7.58. The fraction of sp³-hybridized carbons (Fsp3) is 0.636. The Balaban J connectivity index is 2.30. The number of hydrogen-bond donors (Lipinski definition) is 0. The Morgan fingerprint density at radius 3 is 2.81 bits per heavy atom. The molecule has 1 aliphatic heterocycles. The highest BCUT2D eigenvalue weighted by molar-refractivity contribution is 6.33. The first-order valence-electron chi connectivity index (χ1n) is 5.52. The first kappa shape index (κ1) is 11.9. The maximum atomic E-state index is 6.12. The van der Waals surface area contributed by atoms with Gasteiger partial charge in [-0.15, -0.1) is 0 Å². The molecule has 0 aliphatic carbocycles. The van der Waals surface area contributed by atoms with Crippen LogP contribution in [0.3, 0.4) is 0 Å². The Bertz CT molecular complexity index is 383. The lowest BCUT2D eigenvalue weighted by Gasteiger charge is -2.37. The molecule has 0 saturated carbocycles. The van der Waals surface area contributed by atoms with Crippen LogP contribution in [0, 0.1) is 5.92 Å². The van der Waals surface area contributed by atoms with Gasteiger partial charge in [-0.3, -0.25) is 0 Å². The Labute approximate surface area is 106 Å². The van der Waals surface area contributed by atoms with Gasteiger partial charge in [0, 0.05) is 12.6 Å². The maximum Gasteiger partial charge on any atom is 0.224 e. The van der Waals surface area contributed by atoms with Crippen molar-refractivity contribution in [3.8, 4) is 0 Å². The largest absolute Gasteiger partial charge is 0.352 e. The van der Waals surface area contributed by atoms with E-state index in [1.807, 2.05) is 0 Å². The molecule has 2 rings (SSSR count). The van der Waals surface area contributed by atoms with Crippen molar-refractivity contribution in [2.45, 2.75) is 32.7 Å². The van der Waals surface area contributed by atoms with Crippen LogP contribution >= 0.6 is 23.2 Å². The van der Waals surface area contributed by atoms with Crippen molar-refractivity contribution >= 4 is 29.0 Å². The van der Waals surface area contributed by atoms with Crippen molar-refractivity contribution in [3.63, 3.8) is 0 Å². The molecule has 1 aliphatic rings. The van der Waals surface area contributed by atoms with E-state index in [4.69, 9.17) is 23.2 Å². The van der Waals surface area contributed by atoms with Gasteiger partial charge in [0.1, 0.15) is 5.02 Å². The van der Waals surface area contributed by atoms with E-state index in [0.717, 1.165) is 12.4 Å². The van der Waals surface area contributed by atoms with Crippen LogP contribution in [0.2, 0.25) is 10.3 Å². The highest BCUT2D eigenvalue weighted by Gasteiger charge is 2.25. The average Bonchev–Trinajstić information content (AvgIpc) is 2.25. The van der Waals surface area contributed by atoms with E-state index in [9.17, 15) is 0 Å². The second-order valence-corrected chi connectivity index (χ2v) is 5.24. The fourth-order valence-electron chi connectivity index (χ4n) is 2.12. The zero-order valence-electron chi connectivity index (χ0n) is 9.45. The van der Waals surface area contributed by atoms with Crippen molar-refractivity contribution in [3.05, 3.63) is 16.5 Å². The van der Waals surface area contributed by atoms with E-state index < -0.39 is 0 Å². The molecule has 1 aromatic rings. The molecular weight excluding hydrogens is 245 g/mol. The monoisotopic (exact) mass is 259 g/mol. The van der Waals surface area contributed by atoms with Crippen molar-refractivity contribution in [2.75, 3.05) is 11.4 Å². The highest BCUT2D eigenvalue weighted by atomic mass is 35.5. The second kappa shape index (κ2) is 4.76. The molecular formula is C11H15Cl2N3. The molecule has 1 saturated heterocycles. The van der Waals surface area contributed by atoms with Crippen LogP contribution in [-0.4, -0.2) is 22.6 Å². The molecule has 0 amide bonds. The van der Waals surface area contributed by atoms with E-state index in [2.05, 4.69) is 28.7 Å². The maximum absolute atomic E-state index is 6.12. The molecule has 0 bridgehead atoms. The average molecular weight is 260 g/mol. The van der Waals surface area contributed by atoms with E-state index in [-0.39, 0.29) is 5.28 Å². The fourth-order valence-corrected chi connectivity index (χ4v) is 2.45. The van der Waals surface area contributed by atoms with Gasteiger partial charge in [0.15, 0.2) is 5.82 Å². The number of halogens is 2. The van der Waals surface area contributed by atoms with Gasteiger partial charge in [0.2, 0.25) is 5.28 Å². The van der Waals surface area contributed by atoms with Crippen LogP contribution in [0.15, 0.2) is 6.20 Å². The van der Waals surface area contributed by atoms with Gasteiger partial charge in [0.05, 0.1) is 6.20 Å². The van der Waals surface area contributed by atoms with Gasteiger partial charge in [-0.25, -0.2) is 4.98 Å². The summed E-state index contributed by atoms with van der Waals surface area (Å²) in [5, 5.41) is 0.829. The Morgan fingerprint density at radius 1 is 1.31 bits per heavy atom. The first-order valence-corrected chi connectivity index (χ1v) is 6.28. The van der Waals surface area contributed by atoms with Crippen molar-refractivity contribution in [1.29, 1.82) is 0 Å². The van der Waals surface area contributed by atoms with Crippen LogP contribution in [0.5, 0.6) is 0 Å². The number of rotatable bonds is 1. The van der Waals surface area contributed by atoms with Gasteiger partial charge in [0.25, 0.3) is 0 Å². The summed E-state index contributed by atoms with van der Waals surface area (Å²) in [5.41, 5.74) is 0. The predicted molar refractivity (Wildman–Crippen MR) is 67.3 cm³/mol. The summed E-state index contributed by atoms with van der Waals surface area (Å²) in [5.74, 6) is 1.43. The molecule has 1 fully saturated rings. The van der Waals surface area contributed by atoms with E-state index in [1.54, 1.807) is 6.20 Å². The molecule has 16 heavy (non-hydrogen) atoms. The van der Waals surface area contributed by atoms with Crippen molar-refractivity contribution in [2.24, 2.45) is 5.92 Å². The molecule has 0 radical (unpaired) electrons. The van der Waals surface area contributed by atoms with Gasteiger partial charge in [-0.05, 0) is 37.3 Å². The van der Waals surface area contributed by atoms with Crippen LogP contribution < -0.4 is 4.90 Å². The molecule has 2 atom stereocenters. The SMILES string of the molecule is CC1CCC(C)N(c2nc(Cl)ncc2Cl)C1. The number of hydrogen-bond acceptors (Lipinski definition) is 3. The number of anilines is 1. The molecule has 0 spiro atoms.